The molecule has 0 aliphatic heterocycles. The molecule has 1 rings (SSSR count). The number of carboxylic acid groups (broad SMARTS) is 1. The van der Waals surface area contributed by atoms with E-state index in [9.17, 15) is 4.79 Å². The maximum atomic E-state index is 10.4. The lowest BCUT2D eigenvalue weighted by Gasteiger charge is -2.23. The Kier molecular flexibility index (Phi) is 5.69. The molecule has 1 aliphatic rings. The van der Waals surface area contributed by atoms with Crippen LogP contribution in [0.4, 0.5) is 0 Å². The van der Waals surface area contributed by atoms with Crippen LogP contribution in [0.15, 0.2) is 0 Å². The summed E-state index contributed by atoms with van der Waals surface area (Å²) in [6.07, 6.45) is 8.28. The molecule has 1 atom stereocenters. The molecular weight excluding hydrogens is 190 g/mol. The highest BCUT2D eigenvalue weighted by Gasteiger charge is 2.18. The number of carboxylic acids is 1. The highest BCUT2D eigenvalue weighted by molar-refractivity contribution is 5.66. The fourth-order valence-corrected chi connectivity index (χ4v) is 2.38. The van der Waals surface area contributed by atoms with Crippen LogP contribution in [0.25, 0.3) is 0 Å². The maximum absolute atomic E-state index is 10.4. The van der Waals surface area contributed by atoms with Gasteiger partial charge in [0, 0.05) is 12.6 Å². The zero-order valence-electron chi connectivity index (χ0n) is 9.67. The van der Waals surface area contributed by atoms with E-state index < -0.39 is 5.97 Å². The number of nitrogens with one attached hydrogen (secondary N) is 1. The Morgan fingerprint density at radius 1 is 1.33 bits per heavy atom. The van der Waals surface area contributed by atoms with Crippen molar-refractivity contribution in [3.05, 3.63) is 0 Å². The largest absolute Gasteiger partial charge is 0.481 e. The third-order valence-electron chi connectivity index (χ3n) is 3.41. The van der Waals surface area contributed by atoms with Gasteiger partial charge in [0.1, 0.15) is 0 Å². The fourth-order valence-electron chi connectivity index (χ4n) is 2.38. The summed E-state index contributed by atoms with van der Waals surface area (Å²) in [5.74, 6) is 0.0388. The first-order chi connectivity index (χ1) is 7.20. The highest BCUT2D eigenvalue weighted by Crippen LogP contribution is 2.25. The van der Waals surface area contributed by atoms with Gasteiger partial charge in [-0.1, -0.05) is 25.7 Å². The average Bonchev–Trinajstić information content (AvgIpc) is 2.44. The molecule has 0 saturated heterocycles. The molecule has 88 valence electrons. The molecule has 0 bridgehead atoms. The molecule has 1 saturated carbocycles. The van der Waals surface area contributed by atoms with Gasteiger partial charge in [0.2, 0.25) is 0 Å². The molecule has 0 aromatic heterocycles. The van der Waals surface area contributed by atoms with Gasteiger partial charge < -0.3 is 10.4 Å². The lowest BCUT2D eigenvalue weighted by molar-refractivity contribution is -0.136. The molecule has 0 spiro atoms. The third-order valence-corrected chi connectivity index (χ3v) is 3.41. The SMILES string of the molecule is C[C@@H](NCCC(=O)O)C1CCCCCC1. The van der Waals surface area contributed by atoms with Crippen molar-refractivity contribution in [2.45, 2.75) is 57.9 Å². The van der Waals surface area contributed by atoms with Crippen molar-refractivity contribution in [3.63, 3.8) is 0 Å². The van der Waals surface area contributed by atoms with Crippen LogP contribution in [-0.2, 0) is 4.79 Å². The quantitative estimate of drug-likeness (QED) is 0.689. The Hall–Kier alpha value is -0.570. The monoisotopic (exact) mass is 213 g/mol. The van der Waals surface area contributed by atoms with Crippen molar-refractivity contribution in [1.29, 1.82) is 0 Å². The van der Waals surface area contributed by atoms with Crippen molar-refractivity contribution in [3.8, 4) is 0 Å². The lowest BCUT2D eigenvalue weighted by atomic mass is 9.93. The molecule has 0 unspecified atom stereocenters. The molecule has 1 fully saturated rings. The molecule has 2 N–H and O–H groups in total. The zero-order valence-corrected chi connectivity index (χ0v) is 9.67. The van der Waals surface area contributed by atoms with Crippen LogP contribution in [0.1, 0.15) is 51.9 Å². The Balaban J connectivity index is 2.19. The second-order valence-electron chi connectivity index (χ2n) is 4.64. The molecule has 1 aliphatic carbocycles. The summed E-state index contributed by atoms with van der Waals surface area (Å²) in [5.41, 5.74) is 0. The topological polar surface area (TPSA) is 49.3 Å². The minimum Gasteiger partial charge on any atom is -0.481 e. The van der Waals surface area contributed by atoms with Crippen molar-refractivity contribution in [2.75, 3.05) is 6.54 Å². The van der Waals surface area contributed by atoms with Crippen LogP contribution in [0.5, 0.6) is 0 Å². The molecule has 0 heterocycles. The van der Waals surface area contributed by atoms with Crippen LogP contribution in [0.3, 0.4) is 0 Å². The van der Waals surface area contributed by atoms with Gasteiger partial charge in [0.25, 0.3) is 0 Å². The summed E-state index contributed by atoms with van der Waals surface area (Å²) in [4.78, 5) is 10.4. The Morgan fingerprint density at radius 2 is 1.93 bits per heavy atom. The van der Waals surface area contributed by atoms with Crippen LogP contribution in [-0.4, -0.2) is 23.7 Å². The molecule has 3 nitrogen and oxygen atoms in total. The summed E-state index contributed by atoms with van der Waals surface area (Å²) in [7, 11) is 0. The van der Waals surface area contributed by atoms with Crippen LogP contribution in [0.2, 0.25) is 0 Å². The first-order valence-corrected chi connectivity index (χ1v) is 6.15. The Bertz CT molecular complexity index is 186. The number of rotatable bonds is 5. The number of hydrogen-bond donors (Lipinski definition) is 2. The van der Waals surface area contributed by atoms with Crippen molar-refractivity contribution < 1.29 is 9.90 Å². The van der Waals surface area contributed by atoms with Crippen LogP contribution >= 0.6 is 0 Å². The molecule has 0 aromatic rings. The van der Waals surface area contributed by atoms with Gasteiger partial charge in [-0.25, -0.2) is 0 Å². The lowest BCUT2D eigenvalue weighted by Crippen LogP contribution is -2.34. The smallest absolute Gasteiger partial charge is 0.304 e. The molecule has 0 radical (unpaired) electrons. The van der Waals surface area contributed by atoms with Gasteiger partial charge in [-0.2, -0.15) is 0 Å². The van der Waals surface area contributed by atoms with Crippen LogP contribution < -0.4 is 5.32 Å². The number of hydrogen-bond acceptors (Lipinski definition) is 2. The van der Waals surface area contributed by atoms with E-state index in [4.69, 9.17) is 5.11 Å². The first-order valence-electron chi connectivity index (χ1n) is 6.15. The van der Waals surface area contributed by atoms with Gasteiger partial charge in [-0.05, 0) is 25.7 Å². The molecule has 3 heteroatoms. The number of aliphatic carboxylic acids is 1. The fraction of sp³-hybridized carbons (Fsp3) is 0.917. The molecule has 0 aromatic carbocycles. The second-order valence-corrected chi connectivity index (χ2v) is 4.64. The summed E-state index contributed by atoms with van der Waals surface area (Å²) in [5, 5.41) is 11.9. The van der Waals surface area contributed by atoms with E-state index >= 15 is 0 Å². The van der Waals surface area contributed by atoms with Gasteiger partial charge in [-0.15, -0.1) is 0 Å². The summed E-state index contributed by atoms with van der Waals surface area (Å²) in [6.45, 7) is 2.80. The predicted octanol–water partition coefficient (Wildman–Crippen LogP) is 2.41. The van der Waals surface area contributed by atoms with E-state index in [0.29, 0.717) is 12.6 Å². The van der Waals surface area contributed by atoms with Gasteiger partial charge >= 0.3 is 5.97 Å². The highest BCUT2D eigenvalue weighted by atomic mass is 16.4. The van der Waals surface area contributed by atoms with Gasteiger partial charge in [-0.3, -0.25) is 4.79 Å². The molecule has 15 heavy (non-hydrogen) atoms. The minimum atomic E-state index is -0.712. The average molecular weight is 213 g/mol. The Morgan fingerprint density at radius 3 is 2.47 bits per heavy atom. The Labute approximate surface area is 92.3 Å². The summed E-state index contributed by atoms with van der Waals surface area (Å²) >= 11 is 0. The minimum absolute atomic E-state index is 0.233. The van der Waals surface area contributed by atoms with E-state index in [1.807, 2.05) is 0 Å². The number of carbonyl (C=O) groups is 1. The van der Waals surface area contributed by atoms with Crippen molar-refractivity contribution >= 4 is 5.97 Å². The standard InChI is InChI=1S/C12H23NO2/c1-10(13-9-8-12(14)15)11-6-4-2-3-5-7-11/h10-11,13H,2-9H2,1H3,(H,14,15)/t10-/m1/s1. The first kappa shape index (κ1) is 12.5. The van der Waals surface area contributed by atoms with E-state index in [1.165, 1.54) is 38.5 Å². The molecular formula is C12H23NO2. The zero-order chi connectivity index (χ0) is 11.1. The van der Waals surface area contributed by atoms with Crippen LogP contribution in [0, 0.1) is 5.92 Å². The van der Waals surface area contributed by atoms with E-state index in [0.717, 1.165) is 5.92 Å². The van der Waals surface area contributed by atoms with Crippen molar-refractivity contribution in [1.82, 2.24) is 5.32 Å². The summed E-state index contributed by atoms with van der Waals surface area (Å²) < 4.78 is 0. The summed E-state index contributed by atoms with van der Waals surface area (Å²) in [6, 6.07) is 0.474. The maximum Gasteiger partial charge on any atom is 0.304 e. The van der Waals surface area contributed by atoms with E-state index in [-0.39, 0.29) is 6.42 Å². The van der Waals surface area contributed by atoms with Gasteiger partial charge in [0.15, 0.2) is 0 Å². The van der Waals surface area contributed by atoms with E-state index in [2.05, 4.69) is 12.2 Å². The second kappa shape index (κ2) is 6.83. The van der Waals surface area contributed by atoms with Crippen molar-refractivity contribution in [2.24, 2.45) is 5.92 Å². The third kappa shape index (κ3) is 5.17. The normalized spacial score (nSPS) is 20.9. The van der Waals surface area contributed by atoms with Gasteiger partial charge in [0.05, 0.1) is 6.42 Å². The predicted molar refractivity (Wildman–Crippen MR) is 60.9 cm³/mol. The van der Waals surface area contributed by atoms with E-state index in [1.54, 1.807) is 0 Å². The molecule has 0 amide bonds.